The van der Waals surface area contributed by atoms with Gasteiger partial charge in [-0.15, -0.1) is 35.0 Å². The van der Waals surface area contributed by atoms with E-state index in [4.69, 9.17) is 0 Å². The Morgan fingerprint density at radius 1 is 1.25 bits per heavy atom. The third kappa shape index (κ3) is 2.14. The molecule has 0 saturated carbocycles. The number of hydrogen-bond acceptors (Lipinski definition) is 3. The van der Waals surface area contributed by atoms with E-state index in [-0.39, 0.29) is 24.8 Å². The van der Waals surface area contributed by atoms with Gasteiger partial charge < -0.3 is 5.32 Å². The SMILES string of the molecule is Cl.Cl.c1ccn2c(C3CCCN3)nnc2c1. The van der Waals surface area contributed by atoms with Crippen LogP contribution < -0.4 is 5.32 Å². The van der Waals surface area contributed by atoms with Crippen LogP contribution in [0.3, 0.4) is 0 Å². The van der Waals surface area contributed by atoms with Gasteiger partial charge >= 0.3 is 0 Å². The molecule has 2 aromatic heterocycles. The largest absolute Gasteiger partial charge is 0.307 e. The highest BCUT2D eigenvalue weighted by Crippen LogP contribution is 2.21. The smallest absolute Gasteiger partial charge is 0.160 e. The molecule has 1 aliphatic rings. The molecule has 1 atom stereocenters. The van der Waals surface area contributed by atoms with Crippen molar-refractivity contribution >= 4 is 30.5 Å². The molecule has 1 aliphatic heterocycles. The van der Waals surface area contributed by atoms with Crippen LogP contribution in [-0.2, 0) is 0 Å². The van der Waals surface area contributed by atoms with Gasteiger partial charge in [-0.2, -0.15) is 0 Å². The van der Waals surface area contributed by atoms with Crippen LogP contribution in [0.4, 0.5) is 0 Å². The van der Waals surface area contributed by atoms with E-state index >= 15 is 0 Å². The zero-order valence-corrected chi connectivity index (χ0v) is 10.3. The van der Waals surface area contributed by atoms with Gasteiger partial charge in [0.15, 0.2) is 11.5 Å². The van der Waals surface area contributed by atoms with Crippen LogP contribution in [0.15, 0.2) is 24.4 Å². The lowest BCUT2D eigenvalue weighted by atomic mass is 10.2. The Morgan fingerprint density at radius 3 is 2.88 bits per heavy atom. The minimum atomic E-state index is 0. The highest BCUT2D eigenvalue weighted by Gasteiger charge is 2.20. The maximum absolute atomic E-state index is 4.23. The molecular formula is C10H14Cl2N4. The molecule has 0 aliphatic carbocycles. The van der Waals surface area contributed by atoms with Gasteiger partial charge in [-0.25, -0.2) is 0 Å². The van der Waals surface area contributed by atoms with Crippen molar-refractivity contribution in [2.75, 3.05) is 6.54 Å². The molecule has 1 saturated heterocycles. The van der Waals surface area contributed by atoms with Crippen LogP contribution in [0.25, 0.3) is 5.65 Å². The topological polar surface area (TPSA) is 42.2 Å². The van der Waals surface area contributed by atoms with E-state index in [0.717, 1.165) is 24.4 Å². The molecule has 3 rings (SSSR count). The number of nitrogens with zero attached hydrogens (tertiary/aromatic N) is 3. The second-order valence-electron chi connectivity index (χ2n) is 3.64. The molecule has 1 N–H and O–H groups in total. The molecule has 0 bridgehead atoms. The summed E-state index contributed by atoms with van der Waals surface area (Å²) in [5.41, 5.74) is 0.927. The molecule has 0 aromatic carbocycles. The zero-order valence-electron chi connectivity index (χ0n) is 8.67. The van der Waals surface area contributed by atoms with E-state index in [1.807, 2.05) is 24.4 Å². The van der Waals surface area contributed by atoms with Crippen molar-refractivity contribution < 1.29 is 0 Å². The van der Waals surface area contributed by atoms with Crippen LogP contribution in [0.2, 0.25) is 0 Å². The fourth-order valence-corrected chi connectivity index (χ4v) is 2.00. The molecule has 1 unspecified atom stereocenters. The lowest BCUT2D eigenvalue weighted by molar-refractivity contribution is 0.598. The van der Waals surface area contributed by atoms with Crippen LogP contribution in [0.1, 0.15) is 24.7 Å². The van der Waals surface area contributed by atoms with Crippen molar-refractivity contribution in [2.45, 2.75) is 18.9 Å². The summed E-state index contributed by atoms with van der Waals surface area (Å²) < 4.78 is 2.06. The monoisotopic (exact) mass is 260 g/mol. The van der Waals surface area contributed by atoms with E-state index in [1.54, 1.807) is 0 Å². The van der Waals surface area contributed by atoms with Gasteiger partial charge in [-0.05, 0) is 31.5 Å². The molecule has 0 spiro atoms. The summed E-state index contributed by atoms with van der Waals surface area (Å²) in [4.78, 5) is 0. The van der Waals surface area contributed by atoms with Gasteiger partial charge in [0.25, 0.3) is 0 Å². The number of halogens is 2. The molecule has 3 heterocycles. The summed E-state index contributed by atoms with van der Waals surface area (Å²) in [5, 5.41) is 11.8. The standard InChI is InChI=1S/C10H12N4.2ClH/c1-2-7-14-9(5-1)12-13-10(14)8-4-3-6-11-8;;/h1-2,5,7-8,11H,3-4,6H2;2*1H. The summed E-state index contributed by atoms with van der Waals surface area (Å²) >= 11 is 0. The van der Waals surface area contributed by atoms with Crippen LogP contribution in [-0.4, -0.2) is 21.1 Å². The van der Waals surface area contributed by atoms with E-state index in [0.29, 0.717) is 6.04 Å². The average Bonchev–Trinajstić information content (AvgIpc) is 2.85. The fraction of sp³-hybridized carbons (Fsp3) is 0.400. The van der Waals surface area contributed by atoms with E-state index in [9.17, 15) is 0 Å². The summed E-state index contributed by atoms with van der Waals surface area (Å²) in [6.45, 7) is 1.09. The Bertz CT molecular complexity index is 451. The Balaban J connectivity index is 0.000000640. The number of fused-ring (bicyclic) bond motifs is 1. The summed E-state index contributed by atoms with van der Waals surface area (Å²) in [6, 6.07) is 6.35. The van der Waals surface area contributed by atoms with Crippen LogP contribution in [0.5, 0.6) is 0 Å². The first-order valence-corrected chi connectivity index (χ1v) is 4.98. The molecule has 4 nitrogen and oxygen atoms in total. The van der Waals surface area contributed by atoms with Gasteiger partial charge in [0.2, 0.25) is 0 Å². The quantitative estimate of drug-likeness (QED) is 0.853. The van der Waals surface area contributed by atoms with Gasteiger partial charge in [0, 0.05) is 6.20 Å². The minimum absolute atomic E-state index is 0. The molecule has 1 fully saturated rings. The second-order valence-corrected chi connectivity index (χ2v) is 3.64. The van der Waals surface area contributed by atoms with Crippen molar-refractivity contribution in [3.63, 3.8) is 0 Å². The van der Waals surface area contributed by atoms with E-state index in [2.05, 4.69) is 19.9 Å². The lowest BCUT2D eigenvalue weighted by Crippen LogP contribution is -2.15. The lowest BCUT2D eigenvalue weighted by Gasteiger charge is -2.06. The van der Waals surface area contributed by atoms with Gasteiger partial charge in [0.1, 0.15) is 0 Å². The van der Waals surface area contributed by atoms with Crippen molar-refractivity contribution in [3.8, 4) is 0 Å². The third-order valence-corrected chi connectivity index (χ3v) is 2.71. The molecular weight excluding hydrogens is 247 g/mol. The summed E-state index contributed by atoms with van der Waals surface area (Å²) in [7, 11) is 0. The summed E-state index contributed by atoms with van der Waals surface area (Å²) in [5.74, 6) is 1.04. The number of pyridine rings is 1. The average molecular weight is 261 g/mol. The van der Waals surface area contributed by atoms with E-state index < -0.39 is 0 Å². The number of aromatic nitrogens is 3. The third-order valence-electron chi connectivity index (χ3n) is 2.71. The highest BCUT2D eigenvalue weighted by atomic mass is 35.5. The zero-order chi connectivity index (χ0) is 9.38. The molecule has 0 radical (unpaired) electrons. The summed E-state index contributed by atoms with van der Waals surface area (Å²) in [6.07, 6.45) is 4.41. The molecule has 6 heteroatoms. The first-order valence-electron chi connectivity index (χ1n) is 4.98. The van der Waals surface area contributed by atoms with Crippen molar-refractivity contribution in [1.29, 1.82) is 0 Å². The predicted octanol–water partition coefficient (Wildman–Crippen LogP) is 2.00. The van der Waals surface area contributed by atoms with Crippen LogP contribution in [0, 0.1) is 0 Å². The Hall–Kier alpha value is -0.840. The second kappa shape index (κ2) is 5.48. The molecule has 0 amide bonds. The maximum Gasteiger partial charge on any atom is 0.160 e. The Morgan fingerprint density at radius 2 is 2.12 bits per heavy atom. The van der Waals surface area contributed by atoms with Crippen molar-refractivity contribution in [3.05, 3.63) is 30.2 Å². The van der Waals surface area contributed by atoms with Crippen LogP contribution >= 0.6 is 24.8 Å². The molecule has 16 heavy (non-hydrogen) atoms. The molecule has 2 aromatic rings. The van der Waals surface area contributed by atoms with Crippen molar-refractivity contribution in [2.24, 2.45) is 0 Å². The Labute approximate surface area is 106 Å². The first kappa shape index (κ1) is 13.2. The maximum atomic E-state index is 4.23. The number of rotatable bonds is 1. The number of nitrogens with one attached hydrogen (secondary N) is 1. The predicted molar refractivity (Wildman–Crippen MR) is 67.5 cm³/mol. The fourth-order valence-electron chi connectivity index (χ4n) is 2.00. The minimum Gasteiger partial charge on any atom is -0.307 e. The van der Waals surface area contributed by atoms with Gasteiger partial charge in [-0.1, -0.05) is 6.07 Å². The van der Waals surface area contributed by atoms with E-state index in [1.165, 1.54) is 6.42 Å². The molecule has 88 valence electrons. The van der Waals surface area contributed by atoms with Gasteiger partial charge in [0.05, 0.1) is 6.04 Å². The normalized spacial score (nSPS) is 19.1. The Kier molecular flexibility index (Phi) is 4.53. The first-order chi connectivity index (χ1) is 6.95. The van der Waals surface area contributed by atoms with Crippen molar-refractivity contribution in [1.82, 2.24) is 19.9 Å². The van der Waals surface area contributed by atoms with Gasteiger partial charge in [-0.3, -0.25) is 4.40 Å². The highest BCUT2D eigenvalue weighted by molar-refractivity contribution is 5.85. The number of hydrogen-bond donors (Lipinski definition) is 1.